The highest BCUT2D eigenvalue weighted by molar-refractivity contribution is 7.92. The molecule has 0 aliphatic rings. The number of benzene rings is 3. The van der Waals surface area contributed by atoms with E-state index in [0.717, 1.165) is 32.8 Å². The predicted molar refractivity (Wildman–Crippen MR) is 150 cm³/mol. The third kappa shape index (κ3) is 7.13. The molecule has 0 heterocycles. The van der Waals surface area contributed by atoms with E-state index in [-0.39, 0.29) is 18.9 Å². The molecule has 8 nitrogen and oxygen atoms in total. The second-order valence-corrected chi connectivity index (χ2v) is 11.1. The summed E-state index contributed by atoms with van der Waals surface area (Å²) in [7, 11) is -0.743. The molecule has 0 radical (unpaired) electrons. The standard InChI is InChI=1S/C29H35N3O5S/c1-21-11-9-12-22(2)28(21)32(38(5,35)36)20-27(33)31(19-24-15-10-16-25(17-24)37-4)26(29(34)30-3)18-23-13-7-6-8-14-23/h6-17,26H,18-20H2,1-5H3,(H,30,34)/t26-/m1/s1. The van der Waals surface area contributed by atoms with Crippen molar-refractivity contribution in [2.75, 3.05) is 31.3 Å². The number of nitrogens with one attached hydrogen (secondary N) is 1. The van der Waals surface area contributed by atoms with Gasteiger partial charge >= 0.3 is 0 Å². The summed E-state index contributed by atoms with van der Waals surface area (Å²) >= 11 is 0. The Balaban J connectivity index is 2.07. The van der Waals surface area contributed by atoms with Crippen LogP contribution in [0, 0.1) is 13.8 Å². The molecule has 0 bridgehead atoms. The van der Waals surface area contributed by atoms with Gasteiger partial charge < -0.3 is 15.0 Å². The first-order valence-corrected chi connectivity index (χ1v) is 14.1. The van der Waals surface area contributed by atoms with Crippen LogP contribution in [0.2, 0.25) is 0 Å². The van der Waals surface area contributed by atoms with E-state index >= 15 is 0 Å². The number of aryl methyl sites for hydroxylation is 2. The number of hydrogen-bond acceptors (Lipinski definition) is 5. The number of rotatable bonds is 11. The molecule has 9 heteroatoms. The Hall–Kier alpha value is -3.85. The third-order valence-corrected chi connectivity index (χ3v) is 7.48. The molecule has 1 N–H and O–H groups in total. The SMILES string of the molecule is CNC(=O)[C@@H](Cc1ccccc1)N(Cc1cccc(OC)c1)C(=O)CN(c1c(C)cccc1C)S(C)(=O)=O. The maximum absolute atomic E-state index is 14.0. The fourth-order valence-corrected chi connectivity index (χ4v) is 5.43. The minimum Gasteiger partial charge on any atom is -0.497 e. The van der Waals surface area contributed by atoms with Crippen molar-refractivity contribution in [1.29, 1.82) is 0 Å². The largest absolute Gasteiger partial charge is 0.497 e. The van der Waals surface area contributed by atoms with Gasteiger partial charge in [0.05, 0.1) is 19.1 Å². The molecule has 2 amide bonds. The summed E-state index contributed by atoms with van der Waals surface area (Å²) in [6.45, 7) is 3.26. The molecule has 0 saturated heterocycles. The number of carbonyl (C=O) groups is 2. The summed E-state index contributed by atoms with van der Waals surface area (Å²) in [6.07, 6.45) is 1.34. The number of amides is 2. The number of anilines is 1. The lowest BCUT2D eigenvalue weighted by molar-refractivity contribution is -0.139. The van der Waals surface area contributed by atoms with E-state index in [2.05, 4.69) is 5.32 Å². The number of hydrogen-bond donors (Lipinski definition) is 1. The average molecular weight is 538 g/mol. The molecule has 3 rings (SSSR count). The average Bonchev–Trinajstić information content (AvgIpc) is 2.89. The first-order chi connectivity index (χ1) is 18.0. The molecule has 0 spiro atoms. The topological polar surface area (TPSA) is 96.0 Å². The second kappa shape index (κ2) is 12.6. The lowest BCUT2D eigenvalue weighted by atomic mass is 10.0. The summed E-state index contributed by atoms with van der Waals surface area (Å²) in [4.78, 5) is 28.6. The van der Waals surface area contributed by atoms with Crippen LogP contribution in [0.4, 0.5) is 5.69 Å². The first kappa shape index (κ1) is 28.7. The van der Waals surface area contributed by atoms with Crippen LogP contribution in [0.3, 0.4) is 0 Å². The molecule has 0 aliphatic heterocycles. The van der Waals surface area contributed by atoms with Crippen molar-refractivity contribution in [2.24, 2.45) is 0 Å². The van der Waals surface area contributed by atoms with Gasteiger partial charge in [0.1, 0.15) is 18.3 Å². The number of para-hydroxylation sites is 1. The van der Waals surface area contributed by atoms with Crippen molar-refractivity contribution in [3.8, 4) is 5.75 Å². The Kier molecular flexibility index (Phi) is 9.52. The van der Waals surface area contributed by atoms with Gasteiger partial charge in [0.25, 0.3) is 0 Å². The fourth-order valence-electron chi connectivity index (χ4n) is 4.46. The lowest BCUT2D eigenvalue weighted by Gasteiger charge is -2.34. The van der Waals surface area contributed by atoms with Crippen LogP contribution in [0.5, 0.6) is 5.75 Å². The maximum atomic E-state index is 14.0. The Morgan fingerprint density at radius 2 is 1.53 bits per heavy atom. The highest BCUT2D eigenvalue weighted by Crippen LogP contribution is 2.27. The Bertz CT molecular complexity index is 1360. The molecule has 0 unspecified atom stereocenters. The minimum absolute atomic E-state index is 0.0886. The summed E-state index contributed by atoms with van der Waals surface area (Å²) in [6, 6.07) is 21.2. The van der Waals surface area contributed by atoms with E-state index in [0.29, 0.717) is 11.4 Å². The van der Waals surface area contributed by atoms with Crippen LogP contribution in [0.25, 0.3) is 0 Å². The van der Waals surface area contributed by atoms with Gasteiger partial charge in [-0.3, -0.25) is 13.9 Å². The highest BCUT2D eigenvalue weighted by Gasteiger charge is 2.33. The third-order valence-electron chi connectivity index (χ3n) is 6.37. The monoisotopic (exact) mass is 537 g/mol. The van der Waals surface area contributed by atoms with Crippen LogP contribution in [-0.4, -0.2) is 58.1 Å². The van der Waals surface area contributed by atoms with Gasteiger partial charge in [-0.1, -0.05) is 60.7 Å². The van der Waals surface area contributed by atoms with E-state index < -0.39 is 28.5 Å². The molecule has 0 saturated carbocycles. The fraction of sp³-hybridized carbons (Fsp3) is 0.310. The second-order valence-electron chi connectivity index (χ2n) is 9.20. The molecule has 202 valence electrons. The zero-order chi connectivity index (χ0) is 27.9. The number of nitrogens with zero attached hydrogens (tertiary/aromatic N) is 2. The Labute approximate surface area is 225 Å². The summed E-state index contributed by atoms with van der Waals surface area (Å²) in [5.41, 5.74) is 3.55. The zero-order valence-corrected chi connectivity index (χ0v) is 23.3. The van der Waals surface area contributed by atoms with Gasteiger partial charge in [0.15, 0.2) is 0 Å². The first-order valence-electron chi connectivity index (χ1n) is 12.3. The Morgan fingerprint density at radius 1 is 0.921 bits per heavy atom. The van der Waals surface area contributed by atoms with Gasteiger partial charge in [-0.15, -0.1) is 0 Å². The molecular formula is C29H35N3O5S. The molecule has 0 fully saturated rings. The van der Waals surface area contributed by atoms with Gasteiger partial charge in [0, 0.05) is 20.0 Å². The van der Waals surface area contributed by atoms with Crippen molar-refractivity contribution < 1.29 is 22.7 Å². The van der Waals surface area contributed by atoms with Crippen molar-refractivity contribution in [2.45, 2.75) is 32.9 Å². The summed E-state index contributed by atoms with van der Waals surface area (Å²) in [5.74, 6) is -0.226. The quantitative estimate of drug-likeness (QED) is 0.404. The van der Waals surface area contributed by atoms with Crippen molar-refractivity contribution in [1.82, 2.24) is 10.2 Å². The van der Waals surface area contributed by atoms with Gasteiger partial charge in [-0.05, 0) is 48.2 Å². The molecule has 0 aromatic heterocycles. The van der Waals surface area contributed by atoms with Crippen LogP contribution >= 0.6 is 0 Å². The summed E-state index contributed by atoms with van der Waals surface area (Å²) < 4.78 is 32.4. The molecule has 0 aliphatic carbocycles. The van der Waals surface area contributed by atoms with Gasteiger partial charge in [-0.25, -0.2) is 8.42 Å². The van der Waals surface area contributed by atoms with Gasteiger partial charge in [0.2, 0.25) is 21.8 Å². The normalized spacial score (nSPS) is 11.9. The maximum Gasteiger partial charge on any atom is 0.244 e. The van der Waals surface area contributed by atoms with Crippen LogP contribution in [0.1, 0.15) is 22.3 Å². The van der Waals surface area contributed by atoms with Crippen LogP contribution < -0.4 is 14.4 Å². The van der Waals surface area contributed by atoms with E-state index in [4.69, 9.17) is 4.74 Å². The van der Waals surface area contributed by atoms with Crippen molar-refractivity contribution >= 4 is 27.5 Å². The van der Waals surface area contributed by atoms with E-state index in [1.807, 2.05) is 74.5 Å². The summed E-state index contributed by atoms with van der Waals surface area (Å²) in [5, 5.41) is 2.67. The number of sulfonamides is 1. The number of likely N-dealkylation sites (N-methyl/N-ethyl adjacent to an activating group) is 1. The van der Waals surface area contributed by atoms with Crippen LogP contribution in [-0.2, 0) is 32.6 Å². The smallest absolute Gasteiger partial charge is 0.244 e. The highest BCUT2D eigenvalue weighted by atomic mass is 32.2. The van der Waals surface area contributed by atoms with Crippen molar-refractivity contribution in [3.63, 3.8) is 0 Å². The molecule has 1 atom stereocenters. The molecule has 38 heavy (non-hydrogen) atoms. The number of ether oxygens (including phenoxy) is 1. The zero-order valence-electron chi connectivity index (χ0n) is 22.5. The molecule has 3 aromatic rings. The minimum atomic E-state index is -3.82. The van der Waals surface area contributed by atoms with Crippen molar-refractivity contribution in [3.05, 3.63) is 95.1 Å². The van der Waals surface area contributed by atoms with E-state index in [1.54, 1.807) is 19.2 Å². The van der Waals surface area contributed by atoms with E-state index in [1.165, 1.54) is 11.9 Å². The Morgan fingerprint density at radius 3 is 2.11 bits per heavy atom. The van der Waals surface area contributed by atoms with E-state index in [9.17, 15) is 18.0 Å². The van der Waals surface area contributed by atoms with Crippen LogP contribution in [0.15, 0.2) is 72.8 Å². The molecular weight excluding hydrogens is 502 g/mol. The lowest BCUT2D eigenvalue weighted by Crippen LogP contribution is -2.53. The predicted octanol–water partition coefficient (Wildman–Crippen LogP) is 3.46. The number of carbonyl (C=O) groups excluding carboxylic acids is 2. The number of methoxy groups -OCH3 is 1. The van der Waals surface area contributed by atoms with Gasteiger partial charge in [-0.2, -0.15) is 0 Å². The molecule has 3 aromatic carbocycles.